The molecule has 5 heteroatoms. The zero-order chi connectivity index (χ0) is 12.5. The van der Waals surface area contributed by atoms with Crippen molar-refractivity contribution in [3.63, 3.8) is 0 Å². The molecule has 0 bridgehead atoms. The normalized spacial score (nSPS) is 13.0. The number of benzene rings is 1. The summed E-state index contributed by atoms with van der Waals surface area (Å²) in [4.78, 5) is 4.86. The Morgan fingerprint density at radius 1 is 1.39 bits per heavy atom. The summed E-state index contributed by atoms with van der Waals surface area (Å²) in [5.41, 5.74) is 3.74. The molecule has 1 atom stereocenters. The molecule has 1 unspecified atom stereocenters. The zero-order valence-electron chi connectivity index (χ0n) is 9.95. The molecule has 1 N–H and O–H groups in total. The Morgan fingerprint density at radius 2 is 2.22 bits per heavy atom. The molecule has 3 aromatic rings. The highest BCUT2D eigenvalue weighted by atomic mass is 32.1. The molecule has 0 aliphatic rings. The Hall–Kier alpha value is -1.72. The van der Waals surface area contributed by atoms with Crippen LogP contribution in [0.2, 0.25) is 0 Å². The topological polar surface area (TPSA) is 50.9 Å². The van der Waals surface area contributed by atoms with Gasteiger partial charge >= 0.3 is 0 Å². The monoisotopic (exact) mass is 259 g/mol. The van der Waals surface area contributed by atoms with Gasteiger partial charge in [-0.05, 0) is 6.07 Å². The third-order valence-corrected chi connectivity index (χ3v) is 3.88. The fraction of sp³-hybridized carbons (Fsp3) is 0.231. The first-order chi connectivity index (χ1) is 8.75. The molecule has 0 saturated carbocycles. The number of hydrogen-bond donors (Lipinski definition) is 1. The maximum absolute atomic E-state index is 10.2. The molecule has 0 amide bonds. The minimum atomic E-state index is -0.532. The van der Waals surface area contributed by atoms with Gasteiger partial charge < -0.3 is 5.11 Å². The second-order valence-corrected chi connectivity index (χ2v) is 5.13. The van der Waals surface area contributed by atoms with Crippen LogP contribution in [0, 0.1) is 0 Å². The van der Waals surface area contributed by atoms with Gasteiger partial charge in [-0.3, -0.25) is 9.67 Å². The average molecular weight is 259 g/mol. The molecule has 1 aromatic carbocycles. The number of aliphatic hydroxyl groups is 1. The number of aliphatic hydroxyl groups excluding tert-OH is 1. The van der Waals surface area contributed by atoms with Gasteiger partial charge in [0.15, 0.2) is 0 Å². The number of fused-ring (bicyclic) bond motifs is 1. The molecule has 2 aromatic heterocycles. The van der Waals surface area contributed by atoms with Gasteiger partial charge in [0.1, 0.15) is 0 Å². The van der Waals surface area contributed by atoms with Crippen LogP contribution in [0.1, 0.15) is 16.7 Å². The highest BCUT2D eigenvalue weighted by Crippen LogP contribution is 2.25. The molecule has 4 nitrogen and oxygen atoms in total. The highest BCUT2D eigenvalue weighted by molar-refractivity contribution is 7.09. The van der Waals surface area contributed by atoms with Crippen LogP contribution < -0.4 is 0 Å². The molecule has 18 heavy (non-hydrogen) atoms. The van der Waals surface area contributed by atoms with Crippen LogP contribution in [0.5, 0.6) is 0 Å². The lowest BCUT2D eigenvalue weighted by Crippen LogP contribution is -2.01. The number of thiazole rings is 1. The SMILES string of the molecule is Cn1nc(CC(O)c2cncs2)c2ccccc21. The fourth-order valence-corrected chi connectivity index (χ4v) is 2.72. The first kappa shape index (κ1) is 11.4. The van der Waals surface area contributed by atoms with Crippen LogP contribution in [-0.2, 0) is 13.5 Å². The van der Waals surface area contributed by atoms with Crippen molar-refractivity contribution in [3.8, 4) is 0 Å². The summed E-state index contributed by atoms with van der Waals surface area (Å²) >= 11 is 1.47. The molecule has 0 radical (unpaired) electrons. The van der Waals surface area contributed by atoms with Crippen molar-refractivity contribution in [2.75, 3.05) is 0 Å². The maximum Gasteiger partial charge on any atom is 0.0954 e. The quantitative estimate of drug-likeness (QED) is 0.785. The Kier molecular flexibility index (Phi) is 2.85. The van der Waals surface area contributed by atoms with Crippen LogP contribution in [0.25, 0.3) is 10.9 Å². The van der Waals surface area contributed by atoms with Gasteiger partial charge in [0.25, 0.3) is 0 Å². The number of aryl methyl sites for hydroxylation is 1. The van der Waals surface area contributed by atoms with Crippen LogP contribution in [-0.4, -0.2) is 19.9 Å². The predicted molar refractivity (Wildman–Crippen MR) is 71.5 cm³/mol. The van der Waals surface area contributed by atoms with E-state index in [0.29, 0.717) is 6.42 Å². The van der Waals surface area contributed by atoms with Gasteiger partial charge in [-0.1, -0.05) is 18.2 Å². The van der Waals surface area contributed by atoms with Gasteiger partial charge in [0, 0.05) is 25.1 Å². The lowest BCUT2D eigenvalue weighted by molar-refractivity contribution is 0.181. The summed E-state index contributed by atoms with van der Waals surface area (Å²) in [6, 6.07) is 8.06. The Morgan fingerprint density at radius 3 is 3.00 bits per heavy atom. The number of aromatic nitrogens is 3. The summed E-state index contributed by atoms with van der Waals surface area (Å²) in [6.07, 6.45) is 1.69. The summed E-state index contributed by atoms with van der Waals surface area (Å²) in [6.45, 7) is 0. The van der Waals surface area contributed by atoms with Gasteiger partial charge in [-0.2, -0.15) is 5.10 Å². The van der Waals surface area contributed by atoms with E-state index in [1.54, 1.807) is 11.7 Å². The third kappa shape index (κ3) is 1.91. The summed E-state index contributed by atoms with van der Waals surface area (Å²) in [7, 11) is 1.92. The van der Waals surface area contributed by atoms with Crippen LogP contribution >= 0.6 is 11.3 Å². The molecule has 0 aliphatic heterocycles. The molecule has 0 spiro atoms. The summed E-state index contributed by atoms with van der Waals surface area (Å²) in [5.74, 6) is 0. The van der Waals surface area contributed by atoms with E-state index in [-0.39, 0.29) is 0 Å². The second kappa shape index (κ2) is 4.51. The van der Waals surface area contributed by atoms with Crippen LogP contribution in [0.4, 0.5) is 0 Å². The molecular weight excluding hydrogens is 246 g/mol. The molecule has 2 heterocycles. The molecule has 0 fully saturated rings. The number of rotatable bonds is 3. The first-order valence-electron chi connectivity index (χ1n) is 5.73. The summed E-state index contributed by atoms with van der Waals surface area (Å²) in [5, 5.41) is 15.7. The van der Waals surface area contributed by atoms with E-state index in [1.807, 2.05) is 36.0 Å². The number of para-hydroxylation sites is 1. The van der Waals surface area contributed by atoms with E-state index in [4.69, 9.17) is 0 Å². The smallest absolute Gasteiger partial charge is 0.0954 e. The standard InChI is InChI=1S/C13H13N3OS/c1-16-11-5-3-2-4-9(11)10(15-16)6-12(17)13-7-14-8-18-13/h2-5,7-8,12,17H,6H2,1H3. The predicted octanol–water partition coefficient (Wildman–Crippen LogP) is 2.31. The zero-order valence-corrected chi connectivity index (χ0v) is 10.8. The van der Waals surface area contributed by atoms with E-state index in [2.05, 4.69) is 10.1 Å². The molecule has 3 rings (SSSR count). The van der Waals surface area contributed by atoms with E-state index >= 15 is 0 Å². The van der Waals surface area contributed by atoms with E-state index in [9.17, 15) is 5.11 Å². The van der Waals surface area contributed by atoms with Gasteiger partial charge in [-0.25, -0.2) is 0 Å². The van der Waals surface area contributed by atoms with Gasteiger partial charge in [0.05, 0.1) is 27.7 Å². The number of nitrogens with zero attached hydrogens (tertiary/aromatic N) is 3. The Labute approximate surface area is 109 Å². The van der Waals surface area contributed by atoms with E-state index in [0.717, 1.165) is 21.5 Å². The van der Waals surface area contributed by atoms with Crippen molar-refractivity contribution in [3.05, 3.63) is 46.5 Å². The minimum absolute atomic E-state index is 0.517. The molecular formula is C13H13N3OS. The highest BCUT2D eigenvalue weighted by Gasteiger charge is 2.15. The van der Waals surface area contributed by atoms with Crippen LogP contribution in [0.15, 0.2) is 36.0 Å². The average Bonchev–Trinajstić information content (AvgIpc) is 3.00. The summed E-state index contributed by atoms with van der Waals surface area (Å²) < 4.78 is 1.85. The maximum atomic E-state index is 10.2. The molecule has 92 valence electrons. The van der Waals surface area contributed by atoms with Crippen molar-refractivity contribution >= 4 is 22.2 Å². The van der Waals surface area contributed by atoms with Crippen molar-refractivity contribution in [1.29, 1.82) is 0 Å². The second-order valence-electron chi connectivity index (χ2n) is 4.21. The lowest BCUT2D eigenvalue weighted by Gasteiger charge is -2.05. The van der Waals surface area contributed by atoms with Crippen LogP contribution in [0.3, 0.4) is 0 Å². The Bertz CT molecular complexity index is 660. The van der Waals surface area contributed by atoms with Crippen molar-refractivity contribution in [1.82, 2.24) is 14.8 Å². The van der Waals surface area contributed by atoms with Crippen molar-refractivity contribution in [2.45, 2.75) is 12.5 Å². The first-order valence-corrected chi connectivity index (χ1v) is 6.61. The minimum Gasteiger partial charge on any atom is -0.387 e. The number of hydrogen-bond acceptors (Lipinski definition) is 4. The van der Waals surface area contributed by atoms with Crippen molar-refractivity contribution in [2.24, 2.45) is 7.05 Å². The molecule has 0 saturated heterocycles. The largest absolute Gasteiger partial charge is 0.387 e. The fourth-order valence-electron chi connectivity index (χ4n) is 2.11. The van der Waals surface area contributed by atoms with E-state index in [1.165, 1.54) is 11.3 Å². The van der Waals surface area contributed by atoms with Crippen molar-refractivity contribution < 1.29 is 5.11 Å². The Balaban J connectivity index is 1.96. The van der Waals surface area contributed by atoms with E-state index < -0.39 is 6.10 Å². The van der Waals surface area contributed by atoms with Gasteiger partial charge in [0.2, 0.25) is 0 Å². The lowest BCUT2D eigenvalue weighted by atomic mass is 10.1. The third-order valence-electron chi connectivity index (χ3n) is 3.00. The molecule has 0 aliphatic carbocycles. The van der Waals surface area contributed by atoms with Gasteiger partial charge in [-0.15, -0.1) is 11.3 Å².